The first-order valence-electron chi connectivity index (χ1n) is 6.32. The van der Waals surface area contributed by atoms with E-state index in [4.69, 9.17) is 0 Å². The Morgan fingerprint density at radius 1 is 0.882 bits per heavy atom. The molecule has 0 saturated heterocycles. The van der Waals surface area contributed by atoms with Gasteiger partial charge in [-0.25, -0.2) is 0 Å². The first-order chi connectivity index (χ1) is 8.43. The van der Waals surface area contributed by atoms with Crippen LogP contribution in [-0.4, -0.2) is 6.54 Å². The SMILES string of the molecule is c1ccc2c(c1)Cc1cccc3c1C2CNC3. The summed E-state index contributed by atoms with van der Waals surface area (Å²) in [6, 6.07) is 15.7. The second-order valence-corrected chi connectivity index (χ2v) is 5.05. The van der Waals surface area contributed by atoms with Crippen LogP contribution in [0.15, 0.2) is 42.5 Å². The van der Waals surface area contributed by atoms with Gasteiger partial charge in [0, 0.05) is 19.0 Å². The second kappa shape index (κ2) is 3.44. The number of hydrogen-bond acceptors (Lipinski definition) is 1. The van der Waals surface area contributed by atoms with Gasteiger partial charge in [0.15, 0.2) is 0 Å². The lowest BCUT2D eigenvalue weighted by Gasteiger charge is -2.34. The minimum Gasteiger partial charge on any atom is -0.312 e. The van der Waals surface area contributed by atoms with Gasteiger partial charge in [0.05, 0.1) is 0 Å². The van der Waals surface area contributed by atoms with Gasteiger partial charge in [-0.05, 0) is 34.2 Å². The highest BCUT2D eigenvalue weighted by atomic mass is 14.9. The van der Waals surface area contributed by atoms with Crippen LogP contribution in [0.3, 0.4) is 0 Å². The van der Waals surface area contributed by atoms with Crippen LogP contribution in [0.2, 0.25) is 0 Å². The Morgan fingerprint density at radius 2 is 1.71 bits per heavy atom. The van der Waals surface area contributed by atoms with Crippen molar-refractivity contribution in [1.82, 2.24) is 5.32 Å². The van der Waals surface area contributed by atoms with Crippen LogP contribution >= 0.6 is 0 Å². The third-order valence-electron chi connectivity index (χ3n) is 4.11. The smallest absolute Gasteiger partial charge is 0.0223 e. The number of rotatable bonds is 0. The van der Waals surface area contributed by atoms with E-state index in [0.29, 0.717) is 5.92 Å². The molecule has 1 aliphatic carbocycles. The zero-order chi connectivity index (χ0) is 11.2. The minimum atomic E-state index is 0.569. The van der Waals surface area contributed by atoms with Crippen molar-refractivity contribution in [1.29, 1.82) is 0 Å². The van der Waals surface area contributed by atoms with Crippen molar-refractivity contribution in [3.63, 3.8) is 0 Å². The van der Waals surface area contributed by atoms with Gasteiger partial charge in [-0.2, -0.15) is 0 Å². The van der Waals surface area contributed by atoms with Crippen LogP contribution in [0.1, 0.15) is 33.7 Å². The third kappa shape index (κ3) is 1.29. The molecule has 2 aliphatic rings. The van der Waals surface area contributed by atoms with E-state index in [2.05, 4.69) is 47.8 Å². The maximum atomic E-state index is 3.54. The van der Waals surface area contributed by atoms with Gasteiger partial charge in [0.1, 0.15) is 0 Å². The molecule has 17 heavy (non-hydrogen) atoms. The van der Waals surface area contributed by atoms with E-state index in [9.17, 15) is 0 Å². The summed E-state index contributed by atoms with van der Waals surface area (Å²) in [6.07, 6.45) is 1.11. The molecule has 1 aliphatic heterocycles. The highest BCUT2D eigenvalue weighted by Gasteiger charge is 2.29. The highest BCUT2D eigenvalue weighted by Crippen LogP contribution is 2.39. The average molecular weight is 221 g/mol. The van der Waals surface area contributed by atoms with Crippen molar-refractivity contribution < 1.29 is 0 Å². The van der Waals surface area contributed by atoms with Crippen LogP contribution in [0.25, 0.3) is 0 Å². The Bertz CT molecular complexity index is 586. The summed E-state index contributed by atoms with van der Waals surface area (Å²) in [5.74, 6) is 0.569. The maximum absolute atomic E-state index is 3.54. The van der Waals surface area contributed by atoms with Crippen LogP contribution in [0.4, 0.5) is 0 Å². The van der Waals surface area contributed by atoms with Crippen LogP contribution < -0.4 is 5.32 Å². The summed E-state index contributed by atoms with van der Waals surface area (Å²) in [6.45, 7) is 2.11. The number of hydrogen-bond donors (Lipinski definition) is 1. The predicted octanol–water partition coefficient (Wildman–Crippen LogP) is 2.83. The molecule has 84 valence electrons. The molecule has 0 radical (unpaired) electrons. The van der Waals surface area contributed by atoms with E-state index in [1.165, 1.54) is 22.3 Å². The molecule has 0 spiro atoms. The molecule has 0 fully saturated rings. The summed E-state index contributed by atoms with van der Waals surface area (Å²) in [5, 5.41) is 3.54. The van der Waals surface area contributed by atoms with E-state index in [-0.39, 0.29) is 0 Å². The van der Waals surface area contributed by atoms with Crippen molar-refractivity contribution in [3.05, 3.63) is 70.3 Å². The Labute approximate surface area is 101 Å². The highest BCUT2D eigenvalue weighted by molar-refractivity contribution is 5.53. The normalized spacial score (nSPS) is 20.6. The topological polar surface area (TPSA) is 12.0 Å². The molecule has 1 heterocycles. The molecule has 1 atom stereocenters. The molecule has 2 aromatic rings. The third-order valence-corrected chi connectivity index (χ3v) is 4.11. The lowest BCUT2D eigenvalue weighted by molar-refractivity contribution is 0.577. The van der Waals surface area contributed by atoms with Crippen LogP contribution in [0, 0.1) is 0 Å². The molecule has 0 amide bonds. The molecule has 0 saturated carbocycles. The monoisotopic (exact) mass is 221 g/mol. The van der Waals surface area contributed by atoms with Crippen molar-refractivity contribution in [2.24, 2.45) is 0 Å². The van der Waals surface area contributed by atoms with E-state index < -0.39 is 0 Å². The summed E-state index contributed by atoms with van der Waals surface area (Å²) in [7, 11) is 0. The first-order valence-corrected chi connectivity index (χ1v) is 6.32. The van der Waals surface area contributed by atoms with Crippen molar-refractivity contribution in [2.45, 2.75) is 18.9 Å². The Balaban J connectivity index is 1.99. The molecule has 0 bridgehead atoms. The summed E-state index contributed by atoms with van der Waals surface area (Å²) >= 11 is 0. The molecular formula is C16H15N. The second-order valence-electron chi connectivity index (χ2n) is 5.05. The van der Waals surface area contributed by atoms with E-state index in [0.717, 1.165) is 19.5 Å². The van der Waals surface area contributed by atoms with Gasteiger partial charge in [0.2, 0.25) is 0 Å². The van der Waals surface area contributed by atoms with Crippen LogP contribution in [-0.2, 0) is 13.0 Å². The van der Waals surface area contributed by atoms with Gasteiger partial charge in [-0.3, -0.25) is 0 Å². The molecule has 1 heteroatoms. The van der Waals surface area contributed by atoms with Crippen molar-refractivity contribution in [2.75, 3.05) is 6.54 Å². The fraction of sp³-hybridized carbons (Fsp3) is 0.250. The molecular weight excluding hydrogens is 206 g/mol. The van der Waals surface area contributed by atoms with Gasteiger partial charge in [-0.1, -0.05) is 42.5 Å². The Kier molecular flexibility index (Phi) is 1.91. The molecule has 0 aromatic heterocycles. The fourth-order valence-electron chi connectivity index (χ4n) is 3.38. The predicted molar refractivity (Wildman–Crippen MR) is 69.2 cm³/mol. The summed E-state index contributed by atoms with van der Waals surface area (Å²) in [5.41, 5.74) is 7.66. The number of nitrogens with one attached hydrogen (secondary N) is 1. The summed E-state index contributed by atoms with van der Waals surface area (Å²) in [4.78, 5) is 0. The molecule has 2 aromatic carbocycles. The zero-order valence-corrected chi connectivity index (χ0v) is 9.74. The Hall–Kier alpha value is -1.60. The average Bonchev–Trinajstić information content (AvgIpc) is 2.39. The van der Waals surface area contributed by atoms with E-state index in [1.54, 1.807) is 5.56 Å². The molecule has 4 rings (SSSR count). The standard InChI is InChI=1S/C16H15N/c1-2-7-14-11(4-1)8-12-5-3-6-13-9-17-10-15(14)16(12)13/h1-7,15,17H,8-10H2. The number of benzene rings is 2. The Morgan fingerprint density at radius 3 is 2.71 bits per heavy atom. The summed E-state index contributed by atoms with van der Waals surface area (Å²) < 4.78 is 0. The van der Waals surface area contributed by atoms with E-state index >= 15 is 0 Å². The van der Waals surface area contributed by atoms with E-state index in [1.807, 2.05) is 0 Å². The van der Waals surface area contributed by atoms with Crippen molar-refractivity contribution in [3.8, 4) is 0 Å². The molecule has 1 N–H and O–H groups in total. The molecule has 1 unspecified atom stereocenters. The largest absolute Gasteiger partial charge is 0.312 e. The van der Waals surface area contributed by atoms with Gasteiger partial charge in [-0.15, -0.1) is 0 Å². The van der Waals surface area contributed by atoms with Gasteiger partial charge in [0.25, 0.3) is 0 Å². The van der Waals surface area contributed by atoms with Gasteiger partial charge >= 0.3 is 0 Å². The maximum Gasteiger partial charge on any atom is 0.0223 e. The lowest BCUT2D eigenvalue weighted by atomic mass is 9.75. The lowest BCUT2D eigenvalue weighted by Crippen LogP contribution is -2.32. The van der Waals surface area contributed by atoms with Crippen molar-refractivity contribution >= 4 is 0 Å². The zero-order valence-electron chi connectivity index (χ0n) is 9.74. The first kappa shape index (κ1) is 9.43. The van der Waals surface area contributed by atoms with Crippen LogP contribution in [0.5, 0.6) is 0 Å². The van der Waals surface area contributed by atoms with Gasteiger partial charge < -0.3 is 5.32 Å². The number of fused-ring (bicyclic) bond motifs is 2. The quantitative estimate of drug-likeness (QED) is 0.721. The fourth-order valence-corrected chi connectivity index (χ4v) is 3.38. The molecule has 1 nitrogen and oxygen atoms in total. The minimum absolute atomic E-state index is 0.569.